The Morgan fingerprint density at radius 3 is 2.90 bits per heavy atom. The van der Waals surface area contributed by atoms with Gasteiger partial charge in [0.2, 0.25) is 0 Å². The lowest BCUT2D eigenvalue weighted by Gasteiger charge is -2.38. The molecule has 1 atom stereocenters. The fourth-order valence-corrected chi connectivity index (χ4v) is 2.74. The molecule has 1 aliphatic heterocycles. The van der Waals surface area contributed by atoms with Crippen molar-refractivity contribution in [3.63, 3.8) is 0 Å². The zero-order valence-corrected chi connectivity index (χ0v) is 11.3. The maximum Gasteiger partial charge on any atom is 0.256 e. The fraction of sp³-hybridized carbons (Fsp3) is 0.400. The first-order chi connectivity index (χ1) is 10.0. The fourth-order valence-electron chi connectivity index (χ4n) is 2.74. The van der Waals surface area contributed by atoms with Crippen LogP contribution < -0.4 is 4.90 Å². The number of benzene rings is 1. The van der Waals surface area contributed by atoms with Crippen LogP contribution in [0.2, 0.25) is 0 Å². The van der Waals surface area contributed by atoms with Crippen molar-refractivity contribution < 1.29 is 18.3 Å². The molecule has 0 unspecified atom stereocenters. The second kappa shape index (κ2) is 5.18. The van der Waals surface area contributed by atoms with E-state index in [-0.39, 0.29) is 19.5 Å². The van der Waals surface area contributed by atoms with Crippen molar-refractivity contribution in [1.29, 1.82) is 0 Å². The Hall–Kier alpha value is -1.82. The van der Waals surface area contributed by atoms with E-state index in [2.05, 4.69) is 4.98 Å². The lowest BCUT2D eigenvalue weighted by atomic mass is 9.94. The van der Waals surface area contributed by atoms with E-state index in [0.29, 0.717) is 11.2 Å². The summed E-state index contributed by atoms with van der Waals surface area (Å²) >= 11 is 0. The molecular formula is C15H15F3N2O. The Morgan fingerprint density at radius 1 is 1.33 bits per heavy atom. The lowest BCUT2D eigenvalue weighted by Crippen LogP contribution is -2.49. The van der Waals surface area contributed by atoms with Crippen molar-refractivity contribution in [3.05, 3.63) is 36.3 Å². The summed E-state index contributed by atoms with van der Waals surface area (Å²) in [5, 5.41) is 10.6. The molecule has 112 valence electrons. The standard InChI is InChI=1S/C15H15F3N2O/c16-12-2-1-10-3-5-19-14(13(10)7-12)20-6-4-15(17,18)11(8-20)9-21/h1-3,5,7,11,21H,4,6,8-9H2/t11-/m1/s1. The van der Waals surface area contributed by atoms with Crippen LogP contribution in [0.25, 0.3) is 10.8 Å². The first-order valence-electron chi connectivity index (χ1n) is 6.79. The first kappa shape index (κ1) is 14.1. The number of nitrogens with zero attached hydrogens (tertiary/aromatic N) is 2. The second-order valence-electron chi connectivity index (χ2n) is 5.34. The second-order valence-corrected chi connectivity index (χ2v) is 5.34. The van der Waals surface area contributed by atoms with Crippen LogP contribution >= 0.6 is 0 Å². The summed E-state index contributed by atoms with van der Waals surface area (Å²) in [5.41, 5.74) is 0. The summed E-state index contributed by atoms with van der Waals surface area (Å²) in [7, 11) is 0. The summed E-state index contributed by atoms with van der Waals surface area (Å²) in [4.78, 5) is 5.92. The highest BCUT2D eigenvalue weighted by atomic mass is 19.3. The molecule has 1 aromatic carbocycles. The number of aliphatic hydroxyl groups excluding tert-OH is 1. The number of pyridine rings is 1. The third-order valence-corrected chi connectivity index (χ3v) is 3.98. The van der Waals surface area contributed by atoms with E-state index in [1.54, 1.807) is 23.2 Å². The van der Waals surface area contributed by atoms with Gasteiger partial charge in [-0.1, -0.05) is 6.07 Å². The number of piperidine rings is 1. The molecule has 0 radical (unpaired) electrons. The number of halogens is 3. The van der Waals surface area contributed by atoms with Gasteiger partial charge in [0.1, 0.15) is 11.6 Å². The molecule has 1 saturated heterocycles. The summed E-state index contributed by atoms with van der Waals surface area (Å²) in [5.74, 6) is -3.91. The molecule has 1 fully saturated rings. The van der Waals surface area contributed by atoms with Gasteiger partial charge in [0.05, 0.1) is 12.5 Å². The third-order valence-electron chi connectivity index (χ3n) is 3.98. The van der Waals surface area contributed by atoms with Crippen LogP contribution in [-0.2, 0) is 0 Å². The molecule has 1 aromatic heterocycles. The minimum absolute atomic E-state index is 0.00608. The number of hydrogen-bond donors (Lipinski definition) is 1. The molecule has 2 aromatic rings. The van der Waals surface area contributed by atoms with Gasteiger partial charge in [0.25, 0.3) is 5.92 Å². The van der Waals surface area contributed by atoms with E-state index in [1.807, 2.05) is 0 Å². The third kappa shape index (κ3) is 2.55. The van der Waals surface area contributed by atoms with E-state index >= 15 is 0 Å². The predicted octanol–water partition coefficient (Wildman–Crippen LogP) is 2.83. The van der Waals surface area contributed by atoms with Gasteiger partial charge in [-0.3, -0.25) is 0 Å². The highest BCUT2D eigenvalue weighted by Crippen LogP contribution is 2.36. The van der Waals surface area contributed by atoms with Crippen LogP contribution in [0.1, 0.15) is 6.42 Å². The normalized spacial score (nSPS) is 21.7. The average Bonchev–Trinajstić information content (AvgIpc) is 2.46. The van der Waals surface area contributed by atoms with Crippen LogP contribution in [0.5, 0.6) is 0 Å². The molecule has 1 aliphatic rings. The summed E-state index contributed by atoms with van der Waals surface area (Å²) in [6.07, 6.45) is 1.24. The predicted molar refractivity (Wildman–Crippen MR) is 74.1 cm³/mol. The van der Waals surface area contributed by atoms with E-state index in [9.17, 15) is 13.2 Å². The van der Waals surface area contributed by atoms with E-state index in [0.717, 1.165) is 5.39 Å². The Balaban J connectivity index is 1.99. The van der Waals surface area contributed by atoms with Gasteiger partial charge in [0.15, 0.2) is 0 Å². The maximum atomic E-state index is 13.7. The van der Waals surface area contributed by atoms with Gasteiger partial charge in [-0.2, -0.15) is 0 Å². The number of anilines is 1. The molecule has 0 bridgehead atoms. The van der Waals surface area contributed by atoms with Crippen molar-refractivity contribution in [2.75, 3.05) is 24.6 Å². The molecule has 6 heteroatoms. The van der Waals surface area contributed by atoms with Crippen molar-refractivity contribution in [1.82, 2.24) is 4.98 Å². The number of rotatable bonds is 2. The van der Waals surface area contributed by atoms with E-state index in [1.165, 1.54) is 12.1 Å². The monoisotopic (exact) mass is 296 g/mol. The summed E-state index contributed by atoms with van der Waals surface area (Å²) < 4.78 is 40.8. The SMILES string of the molecule is OC[C@H]1CN(c2nccc3ccc(F)cc23)CCC1(F)F. The molecule has 0 saturated carbocycles. The van der Waals surface area contributed by atoms with Gasteiger partial charge in [0, 0.05) is 31.1 Å². The highest BCUT2D eigenvalue weighted by Gasteiger charge is 2.44. The van der Waals surface area contributed by atoms with Gasteiger partial charge < -0.3 is 10.0 Å². The molecular weight excluding hydrogens is 281 g/mol. The number of alkyl halides is 2. The van der Waals surface area contributed by atoms with Crippen LogP contribution in [0.4, 0.5) is 19.0 Å². The largest absolute Gasteiger partial charge is 0.396 e. The van der Waals surface area contributed by atoms with Crippen molar-refractivity contribution in [3.8, 4) is 0 Å². The Morgan fingerprint density at radius 2 is 2.14 bits per heavy atom. The molecule has 1 N–H and O–H groups in total. The molecule has 21 heavy (non-hydrogen) atoms. The van der Waals surface area contributed by atoms with Gasteiger partial charge in [-0.05, 0) is 23.6 Å². The van der Waals surface area contributed by atoms with E-state index in [4.69, 9.17) is 5.11 Å². The van der Waals surface area contributed by atoms with Gasteiger partial charge >= 0.3 is 0 Å². The van der Waals surface area contributed by atoms with Gasteiger partial charge in [-0.25, -0.2) is 18.2 Å². The topological polar surface area (TPSA) is 36.4 Å². The summed E-state index contributed by atoms with van der Waals surface area (Å²) in [6, 6.07) is 6.10. The molecule has 0 spiro atoms. The molecule has 3 nitrogen and oxygen atoms in total. The molecule has 2 heterocycles. The number of fused-ring (bicyclic) bond motifs is 1. The number of hydrogen-bond acceptors (Lipinski definition) is 3. The molecule has 0 aliphatic carbocycles. The highest BCUT2D eigenvalue weighted by molar-refractivity contribution is 5.92. The maximum absolute atomic E-state index is 13.7. The molecule has 0 amide bonds. The first-order valence-corrected chi connectivity index (χ1v) is 6.79. The Labute approximate surface area is 120 Å². The van der Waals surface area contributed by atoms with Crippen LogP contribution in [0, 0.1) is 11.7 Å². The number of aromatic nitrogens is 1. The molecule has 3 rings (SSSR count). The minimum atomic E-state index is -2.87. The van der Waals surface area contributed by atoms with Crippen LogP contribution in [0.3, 0.4) is 0 Å². The lowest BCUT2D eigenvalue weighted by molar-refractivity contribution is -0.0880. The quantitative estimate of drug-likeness (QED) is 0.926. The summed E-state index contributed by atoms with van der Waals surface area (Å²) in [6.45, 7) is -0.444. The van der Waals surface area contributed by atoms with Crippen LogP contribution in [0.15, 0.2) is 30.5 Å². The Kier molecular flexibility index (Phi) is 3.49. The average molecular weight is 296 g/mol. The smallest absolute Gasteiger partial charge is 0.256 e. The zero-order chi connectivity index (χ0) is 15.0. The van der Waals surface area contributed by atoms with E-state index < -0.39 is 24.3 Å². The van der Waals surface area contributed by atoms with Crippen LogP contribution in [-0.4, -0.2) is 35.7 Å². The van der Waals surface area contributed by atoms with Crippen molar-refractivity contribution in [2.24, 2.45) is 5.92 Å². The Bertz CT molecular complexity index is 662. The zero-order valence-electron chi connectivity index (χ0n) is 11.3. The van der Waals surface area contributed by atoms with Gasteiger partial charge in [-0.15, -0.1) is 0 Å². The minimum Gasteiger partial charge on any atom is -0.396 e. The van der Waals surface area contributed by atoms with Crippen molar-refractivity contribution in [2.45, 2.75) is 12.3 Å². The van der Waals surface area contributed by atoms with Crippen molar-refractivity contribution >= 4 is 16.6 Å². The number of aliphatic hydroxyl groups is 1.